The van der Waals surface area contributed by atoms with Crippen molar-refractivity contribution >= 4 is 5.91 Å². The van der Waals surface area contributed by atoms with Crippen LogP contribution < -0.4 is 0 Å². The van der Waals surface area contributed by atoms with Crippen LogP contribution in [0.2, 0.25) is 0 Å². The van der Waals surface area contributed by atoms with E-state index in [1.54, 1.807) is 0 Å². The summed E-state index contributed by atoms with van der Waals surface area (Å²) in [4.78, 5) is 13.5. The maximum atomic E-state index is 11.5. The molecule has 0 spiro atoms. The van der Waals surface area contributed by atoms with Gasteiger partial charge in [-0.25, -0.2) is 0 Å². The first-order chi connectivity index (χ1) is 6.49. The van der Waals surface area contributed by atoms with Crippen LogP contribution in [0.5, 0.6) is 0 Å². The normalized spacial score (nSPS) is 21.4. The molecule has 1 aliphatic rings. The van der Waals surface area contributed by atoms with E-state index in [0.717, 1.165) is 31.8 Å². The van der Waals surface area contributed by atoms with Crippen molar-refractivity contribution in [2.75, 3.05) is 13.1 Å². The van der Waals surface area contributed by atoms with Gasteiger partial charge in [-0.05, 0) is 24.2 Å². The highest BCUT2D eigenvalue weighted by Gasteiger charge is 2.33. The van der Waals surface area contributed by atoms with Crippen molar-refractivity contribution in [2.45, 2.75) is 47.0 Å². The second kappa shape index (κ2) is 4.33. The standard InChI is InChI=1S/C12H23NO/c1-5-11(14)13-8-6-12(4,7-9-13)10(2)3/h10H,5-9H2,1-4H3. The van der Waals surface area contributed by atoms with E-state index in [1.165, 1.54) is 0 Å². The van der Waals surface area contributed by atoms with Crippen LogP contribution in [-0.4, -0.2) is 23.9 Å². The smallest absolute Gasteiger partial charge is 0.222 e. The second-order valence-corrected chi connectivity index (χ2v) is 5.04. The number of carbonyl (C=O) groups excluding carboxylic acids is 1. The summed E-state index contributed by atoms with van der Waals surface area (Å²) in [6.07, 6.45) is 2.98. The maximum absolute atomic E-state index is 11.5. The molecule has 0 aromatic carbocycles. The van der Waals surface area contributed by atoms with E-state index in [2.05, 4.69) is 20.8 Å². The molecule has 1 fully saturated rings. The summed E-state index contributed by atoms with van der Waals surface area (Å²) in [5, 5.41) is 0. The Morgan fingerprint density at radius 1 is 1.36 bits per heavy atom. The van der Waals surface area contributed by atoms with Crippen LogP contribution in [0.1, 0.15) is 47.0 Å². The predicted octanol–water partition coefficient (Wildman–Crippen LogP) is 2.68. The van der Waals surface area contributed by atoms with Gasteiger partial charge in [0.05, 0.1) is 0 Å². The Labute approximate surface area is 87.7 Å². The first-order valence-corrected chi connectivity index (χ1v) is 5.77. The highest BCUT2D eigenvalue weighted by atomic mass is 16.2. The monoisotopic (exact) mass is 197 g/mol. The third-order valence-electron chi connectivity index (χ3n) is 3.95. The molecule has 82 valence electrons. The molecular formula is C12H23NO. The highest BCUT2D eigenvalue weighted by molar-refractivity contribution is 5.75. The second-order valence-electron chi connectivity index (χ2n) is 5.04. The third kappa shape index (κ3) is 2.28. The lowest BCUT2D eigenvalue weighted by molar-refractivity contribution is -0.133. The zero-order valence-corrected chi connectivity index (χ0v) is 9.97. The Hall–Kier alpha value is -0.530. The SMILES string of the molecule is CCC(=O)N1CCC(C)(C(C)C)CC1. The van der Waals surface area contributed by atoms with Crippen LogP contribution in [0.15, 0.2) is 0 Å². The maximum Gasteiger partial charge on any atom is 0.222 e. The van der Waals surface area contributed by atoms with E-state index >= 15 is 0 Å². The van der Waals surface area contributed by atoms with Crippen molar-refractivity contribution in [1.29, 1.82) is 0 Å². The highest BCUT2D eigenvalue weighted by Crippen LogP contribution is 2.37. The molecule has 0 saturated carbocycles. The van der Waals surface area contributed by atoms with Crippen LogP contribution in [-0.2, 0) is 4.79 Å². The van der Waals surface area contributed by atoms with Gasteiger partial charge in [0.2, 0.25) is 5.91 Å². The molecule has 14 heavy (non-hydrogen) atoms. The van der Waals surface area contributed by atoms with Crippen LogP contribution in [0.3, 0.4) is 0 Å². The lowest BCUT2D eigenvalue weighted by atomic mass is 9.72. The van der Waals surface area contributed by atoms with Crippen LogP contribution in [0.25, 0.3) is 0 Å². The van der Waals surface area contributed by atoms with Gasteiger partial charge >= 0.3 is 0 Å². The number of piperidine rings is 1. The minimum Gasteiger partial charge on any atom is -0.343 e. The van der Waals surface area contributed by atoms with E-state index in [-0.39, 0.29) is 0 Å². The molecule has 0 N–H and O–H groups in total. The molecule has 2 heteroatoms. The number of likely N-dealkylation sites (tertiary alicyclic amines) is 1. The van der Waals surface area contributed by atoms with Crippen molar-refractivity contribution in [3.63, 3.8) is 0 Å². The number of rotatable bonds is 2. The topological polar surface area (TPSA) is 20.3 Å². The van der Waals surface area contributed by atoms with Gasteiger partial charge < -0.3 is 4.90 Å². The molecule has 1 amide bonds. The van der Waals surface area contributed by atoms with Gasteiger partial charge in [-0.15, -0.1) is 0 Å². The van der Waals surface area contributed by atoms with Gasteiger partial charge in [0, 0.05) is 19.5 Å². The van der Waals surface area contributed by atoms with Gasteiger partial charge in [-0.3, -0.25) is 4.79 Å². The van der Waals surface area contributed by atoms with Gasteiger partial charge in [0.1, 0.15) is 0 Å². The third-order valence-corrected chi connectivity index (χ3v) is 3.95. The van der Waals surface area contributed by atoms with E-state index in [0.29, 0.717) is 17.7 Å². The van der Waals surface area contributed by atoms with Crippen molar-refractivity contribution < 1.29 is 4.79 Å². The van der Waals surface area contributed by atoms with E-state index in [1.807, 2.05) is 11.8 Å². The Morgan fingerprint density at radius 3 is 2.21 bits per heavy atom. The molecule has 0 atom stereocenters. The van der Waals surface area contributed by atoms with Gasteiger partial charge in [-0.2, -0.15) is 0 Å². The summed E-state index contributed by atoms with van der Waals surface area (Å²) in [6.45, 7) is 10.8. The van der Waals surface area contributed by atoms with Gasteiger partial charge in [0.25, 0.3) is 0 Å². The Bertz CT molecular complexity index is 202. The average molecular weight is 197 g/mol. The number of amides is 1. The molecule has 1 rings (SSSR count). The minimum atomic E-state index is 0.316. The van der Waals surface area contributed by atoms with Crippen LogP contribution in [0, 0.1) is 11.3 Å². The number of hydrogen-bond acceptors (Lipinski definition) is 1. The molecule has 0 aromatic heterocycles. The molecule has 1 heterocycles. The number of nitrogens with zero attached hydrogens (tertiary/aromatic N) is 1. The molecule has 0 aliphatic carbocycles. The molecule has 0 aromatic rings. The largest absolute Gasteiger partial charge is 0.343 e. The van der Waals surface area contributed by atoms with E-state index in [9.17, 15) is 4.79 Å². The molecule has 1 saturated heterocycles. The van der Waals surface area contributed by atoms with Gasteiger partial charge in [-0.1, -0.05) is 27.7 Å². The lowest BCUT2D eigenvalue weighted by Crippen LogP contribution is -2.43. The number of carbonyl (C=O) groups is 1. The summed E-state index contributed by atoms with van der Waals surface area (Å²) >= 11 is 0. The van der Waals surface area contributed by atoms with Gasteiger partial charge in [0.15, 0.2) is 0 Å². The van der Waals surface area contributed by atoms with Crippen LogP contribution in [0.4, 0.5) is 0 Å². The number of hydrogen-bond donors (Lipinski definition) is 0. The fourth-order valence-corrected chi connectivity index (χ4v) is 2.07. The molecule has 2 nitrogen and oxygen atoms in total. The average Bonchev–Trinajstić information content (AvgIpc) is 2.17. The van der Waals surface area contributed by atoms with Crippen molar-refractivity contribution in [3.8, 4) is 0 Å². The van der Waals surface area contributed by atoms with E-state index < -0.39 is 0 Å². The Balaban J connectivity index is 2.49. The van der Waals surface area contributed by atoms with Crippen molar-refractivity contribution in [2.24, 2.45) is 11.3 Å². The fraction of sp³-hybridized carbons (Fsp3) is 0.917. The molecule has 0 radical (unpaired) electrons. The fourth-order valence-electron chi connectivity index (χ4n) is 2.07. The quantitative estimate of drug-likeness (QED) is 0.666. The lowest BCUT2D eigenvalue weighted by Gasteiger charge is -2.42. The van der Waals surface area contributed by atoms with Crippen LogP contribution >= 0.6 is 0 Å². The molecule has 0 unspecified atom stereocenters. The minimum absolute atomic E-state index is 0.316. The van der Waals surface area contributed by atoms with E-state index in [4.69, 9.17) is 0 Å². The summed E-state index contributed by atoms with van der Waals surface area (Å²) < 4.78 is 0. The first-order valence-electron chi connectivity index (χ1n) is 5.77. The summed E-state index contributed by atoms with van der Waals surface area (Å²) in [7, 11) is 0. The van der Waals surface area contributed by atoms with Crippen molar-refractivity contribution in [1.82, 2.24) is 4.90 Å². The summed E-state index contributed by atoms with van der Waals surface area (Å²) in [5.74, 6) is 1.04. The molecular weight excluding hydrogens is 174 g/mol. The Kier molecular flexibility index (Phi) is 3.57. The molecule has 1 aliphatic heterocycles. The van der Waals surface area contributed by atoms with Crippen molar-refractivity contribution in [3.05, 3.63) is 0 Å². The first kappa shape index (κ1) is 11.5. The summed E-state index contributed by atoms with van der Waals surface area (Å²) in [6, 6.07) is 0. The molecule has 0 bridgehead atoms. The predicted molar refractivity (Wildman–Crippen MR) is 59.1 cm³/mol. The Morgan fingerprint density at radius 2 is 1.86 bits per heavy atom. The zero-order chi connectivity index (χ0) is 10.8. The zero-order valence-electron chi connectivity index (χ0n) is 9.97. The summed E-state index contributed by atoms with van der Waals surface area (Å²) in [5.41, 5.74) is 0.449.